The zero-order valence-electron chi connectivity index (χ0n) is 21.0. The zero-order valence-corrected chi connectivity index (χ0v) is 21.8. The van der Waals surface area contributed by atoms with Gasteiger partial charge in [0.1, 0.15) is 10.6 Å². The first kappa shape index (κ1) is 26.6. The number of aliphatic hydroxyl groups excluding tert-OH is 1. The third-order valence-electron chi connectivity index (χ3n) is 6.96. The Labute approximate surface area is 213 Å². The summed E-state index contributed by atoms with van der Waals surface area (Å²) in [6.45, 7) is 5.30. The van der Waals surface area contributed by atoms with Crippen molar-refractivity contribution >= 4 is 15.9 Å². The molecule has 0 aliphatic carbocycles. The highest BCUT2D eigenvalue weighted by Gasteiger charge is 2.32. The van der Waals surface area contributed by atoms with Crippen molar-refractivity contribution in [1.29, 1.82) is 0 Å². The Kier molecular flexibility index (Phi) is 8.63. The van der Waals surface area contributed by atoms with Crippen LogP contribution < -0.4 is 10.1 Å². The van der Waals surface area contributed by atoms with Crippen molar-refractivity contribution < 1.29 is 23.1 Å². The number of ether oxygens (including phenoxy) is 1. The van der Waals surface area contributed by atoms with Gasteiger partial charge in [0.05, 0.1) is 6.10 Å². The summed E-state index contributed by atoms with van der Waals surface area (Å²) in [6.07, 6.45) is 0.226. The lowest BCUT2D eigenvalue weighted by Crippen LogP contribution is -2.51. The van der Waals surface area contributed by atoms with Crippen LogP contribution in [0.25, 0.3) is 0 Å². The molecule has 1 fully saturated rings. The fourth-order valence-corrected chi connectivity index (χ4v) is 6.30. The van der Waals surface area contributed by atoms with Crippen LogP contribution in [0.5, 0.6) is 5.75 Å². The molecule has 2 heterocycles. The Hall–Kier alpha value is -2.50. The highest BCUT2D eigenvalue weighted by molar-refractivity contribution is 7.89. The Bertz CT molecular complexity index is 1160. The van der Waals surface area contributed by atoms with Crippen molar-refractivity contribution in [1.82, 2.24) is 19.4 Å². The van der Waals surface area contributed by atoms with Crippen molar-refractivity contribution in [3.05, 3.63) is 59.7 Å². The summed E-state index contributed by atoms with van der Waals surface area (Å²) in [5, 5.41) is 13.1. The number of nitrogens with one attached hydrogen (secondary N) is 1. The Morgan fingerprint density at radius 2 is 1.83 bits per heavy atom. The number of β-amino-alcohol motifs (C(OH)–C–C–N with tert-alkyl or cyclic N) is 1. The van der Waals surface area contributed by atoms with Gasteiger partial charge in [0.2, 0.25) is 10.0 Å². The van der Waals surface area contributed by atoms with Gasteiger partial charge in [-0.15, -0.1) is 0 Å². The maximum absolute atomic E-state index is 13.3. The highest BCUT2D eigenvalue weighted by Crippen LogP contribution is 2.28. The predicted molar refractivity (Wildman–Crippen MR) is 137 cm³/mol. The van der Waals surface area contributed by atoms with E-state index >= 15 is 0 Å². The van der Waals surface area contributed by atoms with Crippen LogP contribution in [0.2, 0.25) is 0 Å². The van der Waals surface area contributed by atoms with E-state index in [-0.39, 0.29) is 29.8 Å². The highest BCUT2D eigenvalue weighted by atomic mass is 32.2. The average Bonchev–Trinajstić information content (AvgIpc) is 2.88. The van der Waals surface area contributed by atoms with E-state index in [4.69, 9.17) is 4.74 Å². The Morgan fingerprint density at radius 3 is 2.61 bits per heavy atom. The number of fused-ring (bicyclic) bond motifs is 1. The average molecular weight is 517 g/mol. The second-order valence-corrected chi connectivity index (χ2v) is 11.5. The molecule has 0 bridgehead atoms. The summed E-state index contributed by atoms with van der Waals surface area (Å²) in [4.78, 5) is 16.7. The molecule has 196 valence electrons. The van der Waals surface area contributed by atoms with Crippen molar-refractivity contribution in [3.8, 4) is 5.75 Å². The van der Waals surface area contributed by atoms with E-state index in [0.717, 1.165) is 19.5 Å². The SMILES string of the molecule is CC1CN(S(=O)(=O)c2ccccc2OCC(=O)NC[C@@H](O)CN2CCc3ccccc3C2)CCN1C. The van der Waals surface area contributed by atoms with Gasteiger partial charge in [0, 0.05) is 51.9 Å². The van der Waals surface area contributed by atoms with Crippen molar-refractivity contribution in [2.75, 3.05) is 52.9 Å². The number of carbonyl (C=O) groups is 1. The molecular formula is C26H36N4O5S. The summed E-state index contributed by atoms with van der Waals surface area (Å²) >= 11 is 0. The van der Waals surface area contributed by atoms with Crippen LogP contribution >= 0.6 is 0 Å². The van der Waals surface area contributed by atoms with E-state index in [0.29, 0.717) is 26.2 Å². The van der Waals surface area contributed by atoms with Crippen molar-refractivity contribution in [3.63, 3.8) is 0 Å². The lowest BCUT2D eigenvalue weighted by molar-refractivity contribution is -0.123. The predicted octanol–water partition coefficient (Wildman–Crippen LogP) is 0.925. The first-order valence-corrected chi connectivity index (χ1v) is 13.8. The molecule has 2 N–H and O–H groups in total. The molecule has 0 radical (unpaired) electrons. The van der Waals surface area contributed by atoms with E-state index in [1.54, 1.807) is 18.2 Å². The molecule has 1 unspecified atom stereocenters. The largest absolute Gasteiger partial charge is 0.482 e. The van der Waals surface area contributed by atoms with Gasteiger partial charge in [-0.05, 0) is 43.7 Å². The number of sulfonamides is 1. The minimum Gasteiger partial charge on any atom is -0.482 e. The minimum atomic E-state index is -3.76. The molecule has 9 nitrogen and oxygen atoms in total. The quantitative estimate of drug-likeness (QED) is 0.511. The minimum absolute atomic E-state index is 0.0555. The number of piperazine rings is 1. The Balaban J connectivity index is 1.27. The number of carbonyl (C=O) groups excluding carboxylic acids is 1. The van der Waals surface area contributed by atoms with Gasteiger partial charge in [-0.25, -0.2) is 8.42 Å². The normalized spacial score (nSPS) is 20.5. The molecule has 2 aromatic carbocycles. The van der Waals surface area contributed by atoms with Crippen LogP contribution in [0.4, 0.5) is 0 Å². The molecule has 4 rings (SSSR count). The molecular weight excluding hydrogens is 480 g/mol. The number of benzene rings is 2. The van der Waals surface area contributed by atoms with Crippen LogP contribution in [0.3, 0.4) is 0 Å². The molecule has 0 aromatic heterocycles. The van der Waals surface area contributed by atoms with Crippen LogP contribution in [-0.2, 0) is 27.8 Å². The molecule has 36 heavy (non-hydrogen) atoms. The van der Waals surface area contributed by atoms with Gasteiger partial charge < -0.3 is 20.1 Å². The fourth-order valence-electron chi connectivity index (χ4n) is 4.65. The summed E-state index contributed by atoms with van der Waals surface area (Å²) in [5.41, 5.74) is 2.62. The van der Waals surface area contributed by atoms with Crippen LogP contribution in [-0.4, -0.2) is 98.6 Å². The first-order valence-electron chi connectivity index (χ1n) is 12.4. The van der Waals surface area contributed by atoms with Gasteiger partial charge in [0.15, 0.2) is 6.61 Å². The maximum atomic E-state index is 13.3. The van der Waals surface area contributed by atoms with Gasteiger partial charge in [-0.3, -0.25) is 9.69 Å². The van der Waals surface area contributed by atoms with Crippen LogP contribution in [0.15, 0.2) is 53.4 Å². The Morgan fingerprint density at radius 1 is 1.11 bits per heavy atom. The molecule has 2 atom stereocenters. The first-order chi connectivity index (χ1) is 17.2. The molecule has 2 aliphatic rings. The number of para-hydroxylation sites is 1. The molecule has 1 amide bonds. The lowest BCUT2D eigenvalue weighted by atomic mass is 10.00. The van der Waals surface area contributed by atoms with Crippen LogP contribution in [0.1, 0.15) is 18.1 Å². The van der Waals surface area contributed by atoms with Gasteiger partial charge in [0.25, 0.3) is 5.91 Å². The van der Waals surface area contributed by atoms with Gasteiger partial charge in [-0.1, -0.05) is 36.4 Å². The molecule has 10 heteroatoms. The molecule has 1 saturated heterocycles. The standard InChI is InChI=1S/C26H36N4O5S/c1-20-16-30(14-13-28(20)2)36(33,34)25-10-6-5-9-24(25)35-19-26(32)27-15-23(31)18-29-12-11-21-7-3-4-8-22(21)17-29/h3-10,20,23,31H,11-19H2,1-2H3,(H,27,32)/t20?,23-/m1/s1. The summed E-state index contributed by atoms with van der Waals surface area (Å²) in [7, 11) is -1.78. The van der Waals surface area contributed by atoms with Gasteiger partial charge >= 0.3 is 0 Å². The lowest BCUT2D eigenvalue weighted by Gasteiger charge is -2.37. The number of nitrogens with zero attached hydrogens (tertiary/aromatic N) is 3. The molecule has 0 spiro atoms. The second-order valence-electron chi connectivity index (χ2n) is 9.64. The van der Waals surface area contributed by atoms with E-state index < -0.39 is 22.0 Å². The van der Waals surface area contributed by atoms with Crippen molar-refractivity contribution in [2.24, 2.45) is 0 Å². The van der Waals surface area contributed by atoms with Gasteiger partial charge in [-0.2, -0.15) is 4.31 Å². The van der Waals surface area contributed by atoms with E-state index in [1.807, 2.05) is 26.1 Å². The molecule has 2 aliphatic heterocycles. The second kappa shape index (κ2) is 11.7. The number of hydrogen-bond donors (Lipinski definition) is 2. The monoisotopic (exact) mass is 516 g/mol. The number of amides is 1. The van der Waals surface area contributed by atoms with E-state index in [9.17, 15) is 18.3 Å². The maximum Gasteiger partial charge on any atom is 0.258 e. The summed E-state index contributed by atoms with van der Waals surface area (Å²) in [6, 6.07) is 14.8. The van der Waals surface area contributed by atoms with E-state index in [1.165, 1.54) is 21.5 Å². The summed E-state index contributed by atoms with van der Waals surface area (Å²) in [5.74, 6) is -0.273. The number of aliphatic hydroxyl groups is 1. The number of rotatable bonds is 9. The van der Waals surface area contributed by atoms with E-state index in [2.05, 4.69) is 27.2 Å². The molecule has 2 aromatic rings. The third kappa shape index (κ3) is 6.43. The topological polar surface area (TPSA) is 102 Å². The fraction of sp³-hybridized carbons (Fsp3) is 0.500. The zero-order chi connectivity index (χ0) is 25.7. The molecule has 0 saturated carbocycles. The number of hydrogen-bond acceptors (Lipinski definition) is 7. The van der Waals surface area contributed by atoms with Crippen molar-refractivity contribution in [2.45, 2.75) is 36.9 Å². The third-order valence-corrected chi connectivity index (χ3v) is 8.87. The smallest absolute Gasteiger partial charge is 0.258 e. The summed E-state index contributed by atoms with van der Waals surface area (Å²) < 4.78 is 33.6. The van der Waals surface area contributed by atoms with Crippen LogP contribution in [0, 0.1) is 0 Å². The number of likely N-dealkylation sites (N-methyl/N-ethyl adjacent to an activating group) is 1.